The molecule has 124 valence electrons. The second-order valence-electron chi connectivity index (χ2n) is 5.29. The van der Waals surface area contributed by atoms with Gasteiger partial charge in [0, 0.05) is 19.2 Å². The van der Waals surface area contributed by atoms with E-state index < -0.39 is 16.0 Å². The summed E-state index contributed by atoms with van der Waals surface area (Å²) in [7, 11) is -2.28. The summed E-state index contributed by atoms with van der Waals surface area (Å²) in [5.74, 6) is -1.18. The number of carboxylic acid groups (broad SMARTS) is 1. The molecular weight excluding hydrogens is 308 g/mol. The molecule has 0 amide bonds. The molecule has 0 aromatic heterocycles. The summed E-state index contributed by atoms with van der Waals surface area (Å²) in [6.07, 6.45) is 0. The molecule has 1 aromatic rings. The molecule has 1 rings (SSSR count). The molecule has 3 N–H and O–H groups in total. The van der Waals surface area contributed by atoms with Crippen molar-refractivity contribution < 1.29 is 23.1 Å². The van der Waals surface area contributed by atoms with E-state index in [1.54, 1.807) is 21.0 Å². The van der Waals surface area contributed by atoms with Crippen LogP contribution in [0.5, 0.6) is 0 Å². The molecule has 0 radical (unpaired) electrons. The highest BCUT2D eigenvalue weighted by molar-refractivity contribution is 7.89. The van der Waals surface area contributed by atoms with Crippen molar-refractivity contribution in [3.05, 3.63) is 23.8 Å². The van der Waals surface area contributed by atoms with Crippen LogP contribution in [-0.2, 0) is 14.8 Å². The maximum absolute atomic E-state index is 12.4. The first-order valence-electron chi connectivity index (χ1n) is 6.82. The van der Waals surface area contributed by atoms with E-state index in [2.05, 4.69) is 10.0 Å². The number of benzene rings is 1. The molecule has 0 aliphatic rings. The molecule has 0 spiro atoms. The van der Waals surface area contributed by atoms with Crippen molar-refractivity contribution in [1.29, 1.82) is 0 Å². The molecule has 0 unspecified atom stereocenters. The Morgan fingerprint density at radius 3 is 2.45 bits per heavy atom. The molecule has 22 heavy (non-hydrogen) atoms. The second-order valence-corrected chi connectivity index (χ2v) is 6.98. The highest BCUT2D eigenvalue weighted by Crippen LogP contribution is 2.24. The minimum absolute atomic E-state index is 0.0888. The van der Waals surface area contributed by atoms with Crippen LogP contribution in [0.15, 0.2) is 23.1 Å². The summed E-state index contributed by atoms with van der Waals surface area (Å²) in [6.45, 7) is 5.61. The predicted octanol–water partition coefficient (Wildman–Crippen LogP) is 1.52. The van der Waals surface area contributed by atoms with Gasteiger partial charge in [0.1, 0.15) is 4.90 Å². The molecule has 8 heteroatoms. The van der Waals surface area contributed by atoms with E-state index in [1.807, 2.05) is 6.92 Å². The summed E-state index contributed by atoms with van der Waals surface area (Å²) >= 11 is 0. The van der Waals surface area contributed by atoms with Crippen LogP contribution in [0.1, 0.15) is 31.1 Å². The van der Waals surface area contributed by atoms with Crippen LogP contribution in [0.4, 0.5) is 5.69 Å². The summed E-state index contributed by atoms with van der Waals surface area (Å²) in [5.41, 5.74) is 0.247. The Morgan fingerprint density at radius 2 is 1.95 bits per heavy atom. The second kappa shape index (κ2) is 7.57. The molecule has 0 aliphatic heterocycles. The molecule has 0 saturated carbocycles. The zero-order chi connectivity index (χ0) is 16.9. The highest BCUT2D eigenvalue weighted by Gasteiger charge is 2.22. The smallest absolute Gasteiger partial charge is 0.335 e. The third-order valence-electron chi connectivity index (χ3n) is 2.73. The monoisotopic (exact) mass is 330 g/mol. The third-order valence-corrected chi connectivity index (χ3v) is 4.43. The van der Waals surface area contributed by atoms with E-state index in [4.69, 9.17) is 9.84 Å². The summed E-state index contributed by atoms with van der Waals surface area (Å²) in [4.78, 5) is 11.0. The van der Waals surface area contributed by atoms with Crippen molar-refractivity contribution in [1.82, 2.24) is 4.72 Å². The number of hydrogen-bond donors (Lipinski definition) is 3. The van der Waals surface area contributed by atoms with Crippen LogP contribution < -0.4 is 10.0 Å². The lowest BCUT2D eigenvalue weighted by Crippen LogP contribution is -2.31. The number of nitrogens with one attached hydrogen (secondary N) is 2. The molecule has 0 saturated heterocycles. The Labute approximate surface area is 130 Å². The van der Waals surface area contributed by atoms with Gasteiger partial charge < -0.3 is 15.2 Å². The van der Waals surface area contributed by atoms with Crippen molar-refractivity contribution >= 4 is 21.7 Å². The maximum Gasteiger partial charge on any atom is 0.335 e. The van der Waals surface area contributed by atoms with Crippen LogP contribution in [0.2, 0.25) is 0 Å². The minimum atomic E-state index is -3.82. The van der Waals surface area contributed by atoms with E-state index >= 15 is 0 Å². The molecule has 0 aliphatic carbocycles. The summed E-state index contributed by atoms with van der Waals surface area (Å²) in [6, 6.07) is 3.52. The van der Waals surface area contributed by atoms with E-state index in [0.29, 0.717) is 12.3 Å². The molecule has 0 heterocycles. The highest BCUT2D eigenvalue weighted by atomic mass is 32.2. The summed E-state index contributed by atoms with van der Waals surface area (Å²) in [5, 5.41) is 12.1. The van der Waals surface area contributed by atoms with Gasteiger partial charge in [0.25, 0.3) is 0 Å². The fourth-order valence-electron chi connectivity index (χ4n) is 1.93. The maximum atomic E-state index is 12.4. The van der Waals surface area contributed by atoms with Gasteiger partial charge in [0.2, 0.25) is 10.0 Å². The SMILES string of the molecule is COC[C@@H](C)Nc1ccc(C(=O)O)cc1S(=O)(=O)NC(C)C. The molecule has 1 aromatic carbocycles. The standard InChI is InChI=1S/C14H22N2O5S/c1-9(2)16-22(19,20)13-7-11(14(17)18)5-6-12(13)15-10(3)8-21-4/h5-7,9-10,15-16H,8H2,1-4H3,(H,17,18)/t10-/m1/s1. The quantitative estimate of drug-likeness (QED) is 0.667. The number of aromatic carboxylic acids is 1. The number of carbonyl (C=O) groups is 1. The Bertz CT molecular complexity index is 628. The van der Waals surface area contributed by atoms with E-state index in [0.717, 1.165) is 6.07 Å². The fourth-order valence-corrected chi connectivity index (χ4v) is 3.37. The van der Waals surface area contributed by atoms with E-state index in [1.165, 1.54) is 12.1 Å². The number of methoxy groups -OCH3 is 1. The number of ether oxygens (including phenoxy) is 1. The van der Waals surface area contributed by atoms with E-state index in [-0.39, 0.29) is 22.5 Å². The average Bonchev–Trinajstić information content (AvgIpc) is 2.37. The van der Waals surface area contributed by atoms with Crippen LogP contribution >= 0.6 is 0 Å². The van der Waals surface area contributed by atoms with Gasteiger partial charge in [-0.1, -0.05) is 0 Å². The lowest BCUT2D eigenvalue weighted by atomic mass is 10.2. The van der Waals surface area contributed by atoms with Gasteiger partial charge in [0.15, 0.2) is 0 Å². The van der Waals surface area contributed by atoms with Gasteiger partial charge in [-0.2, -0.15) is 0 Å². The molecule has 0 fully saturated rings. The Morgan fingerprint density at radius 1 is 1.32 bits per heavy atom. The lowest BCUT2D eigenvalue weighted by molar-refractivity contribution is 0.0696. The molecule has 7 nitrogen and oxygen atoms in total. The van der Waals surface area contributed by atoms with E-state index in [9.17, 15) is 13.2 Å². The number of carboxylic acids is 1. The average molecular weight is 330 g/mol. The normalized spacial score (nSPS) is 13.1. The summed E-state index contributed by atoms with van der Waals surface area (Å²) < 4.78 is 32.3. The van der Waals surface area contributed by atoms with Crippen molar-refractivity contribution in [2.24, 2.45) is 0 Å². The number of rotatable bonds is 8. The first kappa shape index (κ1) is 18.4. The Kier molecular flexibility index (Phi) is 6.34. The number of sulfonamides is 1. The van der Waals surface area contributed by atoms with Crippen LogP contribution in [0, 0.1) is 0 Å². The predicted molar refractivity (Wildman–Crippen MR) is 83.8 cm³/mol. The van der Waals surface area contributed by atoms with Crippen LogP contribution in [-0.4, -0.2) is 45.3 Å². The molecule has 1 atom stereocenters. The van der Waals surface area contributed by atoms with Gasteiger partial charge in [-0.25, -0.2) is 17.9 Å². The Balaban J connectivity index is 3.29. The lowest BCUT2D eigenvalue weighted by Gasteiger charge is -2.19. The number of hydrogen-bond acceptors (Lipinski definition) is 5. The Hall–Kier alpha value is -1.64. The van der Waals surface area contributed by atoms with Gasteiger partial charge in [-0.05, 0) is 39.0 Å². The first-order chi connectivity index (χ1) is 10.2. The van der Waals surface area contributed by atoms with Gasteiger partial charge in [0.05, 0.1) is 17.9 Å². The van der Waals surface area contributed by atoms with Gasteiger partial charge >= 0.3 is 5.97 Å². The molecular formula is C14H22N2O5S. The van der Waals surface area contributed by atoms with Crippen LogP contribution in [0.25, 0.3) is 0 Å². The zero-order valence-electron chi connectivity index (χ0n) is 13.1. The van der Waals surface area contributed by atoms with Crippen LogP contribution in [0.3, 0.4) is 0 Å². The topological polar surface area (TPSA) is 105 Å². The van der Waals surface area contributed by atoms with Crippen molar-refractivity contribution in [3.8, 4) is 0 Å². The first-order valence-corrected chi connectivity index (χ1v) is 8.31. The van der Waals surface area contributed by atoms with Crippen molar-refractivity contribution in [2.75, 3.05) is 19.0 Å². The molecule has 0 bridgehead atoms. The third kappa shape index (κ3) is 4.97. The van der Waals surface area contributed by atoms with Crippen molar-refractivity contribution in [2.45, 2.75) is 37.8 Å². The minimum Gasteiger partial charge on any atom is -0.478 e. The fraction of sp³-hybridized carbons (Fsp3) is 0.500. The number of anilines is 1. The van der Waals surface area contributed by atoms with Gasteiger partial charge in [-0.3, -0.25) is 0 Å². The van der Waals surface area contributed by atoms with Gasteiger partial charge in [-0.15, -0.1) is 0 Å². The zero-order valence-corrected chi connectivity index (χ0v) is 13.9. The largest absolute Gasteiger partial charge is 0.478 e. The van der Waals surface area contributed by atoms with Crippen molar-refractivity contribution in [3.63, 3.8) is 0 Å².